The Bertz CT molecular complexity index is 1830. The number of aromatic nitrogens is 4. The summed E-state index contributed by atoms with van der Waals surface area (Å²) >= 11 is 6.57. The van der Waals surface area contributed by atoms with E-state index in [1.54, 1.807) is 30.3 Å². The number of nitrogens with zero attached hydrogens (tertiary/aromatic N) is 5. The van der Waals surface area contributed by atoms with Gasteiger partial charge in [-0.05, 0) is 36.5 Å². The molecular weight excluding hydrogens is 644 g/mol. The maximum Gasteiger partial charge on any atom is 0.274 e. The number of ether oxygens (including phenoxy) is 2. The number of fused-ring (bicyclic) bond motifs is 1. The van der Waals surface area contributed by atoms with Gasteiger partial charge in [0.05, 0.1) is 41.8 Å². The quantitative estimate of drug-likeness (QED) is 0.142. The van der Waals surface area contributed by atoms with Crippen LogP contribution in [0.1, 0.15) is 40.0 Å². The number of nitrogens with one attached hydrogen (secondary N) is 2. The number of halogens is 3. The molecule has 3 heterocycles. The second-order valence-corrected chi connectivity index (χ2v) is 13.2. The average Bonchev–Trinajstić information content (AvgIpc) is 3.60. The van der Waals surface area contributed by atoms with Crippen LogP contribution in [0.5, 0.6) is 17.4 Å². The summed E-state index contributed by atoms with van der Waals surface area (Å²) in [7, 11) is 1.49. The predicted octanol–water partition coefficient (Wildman–Crippen LogP) is 7.10. The fraction of sp³-hybridized carbons (Fsp3) is 0.382. The number of likely N-dealkylation sites (tertiary alicyclic amines) is 1. The van der Waals surface area contributed by atoms with Gasteiger partial charge in [0.25, 0.3) is 5.88 Å². The first-order chi connectivity index (χ1) is 22.9. The Morgan fingerprint density at radius 1 is 1.17 bits per heavy atom. The molecule has 1 aliphatic rings. The second kappa shape index (κ2) is 15.1. The Kier molecular flexibility index (Phi) is 10.9. The maximum atomic E-state index is 14.6. The first-order valence-electron chi connectivity index (χ1n) is 15.5. The Morgan fingerprint density at radius 3 is 2.69 bits per heavy atom. The van der Waals surface area contributed by atoms with Crippen molar-refractivity contribution in [3.05, 3.63) is 65.8 Å². The summed E-state index contributed by atoms with van der Waals surface area (Å²) in [5.74, 6) is -0.372. The number of hydrogen-bond donors (Lipinski definition) is 2. The minimum absolute atomic E-state index is 0.0172. The first-order valence-corrected chi connectivity index (χ1v) is 15.9. The molecule has 2 aromatic carbocycles. The number of carbonyl (C=O) groups excluding carboxylic acids is 2. The van der Waals surface area contributed by atoms with E-state index in [9.17, 15) is 18.4 Å². The van der Waals surface area contributed by atoms with E-state index in [0.717, 1.165) is 12.6 Å². The van der Waals surface area contributed by atoms with E-state index < -0.39 is 12.0 Å². The van der Waals surface area contributed by atoms with Crippen LogP contribution >= 0.6 is 11.6 Å². The number of hydrogen-bond acceptors (Lipinski definition) is 9. The van der Waals surface area contributed by atoms with Gasteiger partial charge in [-0.3, -0.25) is 19.2 Å². The summed E-state index contributed by atoms with van der Waals surface area (Å²) in [6, 6.07) is 8.09. The van der Waals surface area contributed by atoms with Crippen molar-refractivity contribution >= 4 is 51.4 Å². The number of rotatable bonds is 13. The van der Waals surface area contributed by atoms with E-state index in [4.69, 9.17) is 21.1 Å². The lowest BCUT2D eigenvalue weighted by Gasteiger charge is -2.16. The number of anilines is 3. The third-order valence-corrected chi connectivity index (χ3v) is 7.96. The maximum absolute atomic E-state index is 14.6. The van der Waals surface area contributed by atoms with Crippen molar-refractivity contribution in [3.8, 4) is 17.4 Å². The zero-order valence-electron chi connectivity index (χ0n) is 27.2. The zero-order valence-corrected chi connectivity index (χ0v) is 28.0. The van der Waals surface area contributed by atoms with Crippen molar-refractivity contribution in [1.82, 2.24) is 24.6 Å². The van der Waals surface area contributed by atoms with Gasteiger partial charge < -0.3 is 20.1 Å². The summed E-state index contributed by atoms with van der Waals surface area (Å²) in [4.78, 5) is 35.7. The lowest BCUT2D eigenvalue weighted by atomic mass is 9.89. The third kappa shape index (κ3) is 9.26. The fourth-order valence-electron chi connectivity index (χ4n) is 5.09. The highest BCUT2D eigenvalue weighted by Gasteiger charge is 2.21. The largest absolute Gasteiger partial charge is 0.494 e. The lowest BCUT2D eigenvalue weighted by Crippen LogP contribution is -2.21. The van der Waals surface area contributed by atoms with Gasteiger partial charge in [0.1, 0.15) is 29.8 Å². The fourth-order valence-corrected chi connectivity index (χ4v) is 5.31. The van der Waals surface area contributed by atoms with E-state index in [0.29, 0.717) is 66.3 Å². The summed E-state index contributed by atoms with van der Waals surface area (Å²) in [5, 5.41) is 10.9. The van der Waals surface area contributed by atoms with E-state index in [1.165, 1.54) is 30.3 Å². The smallest absolute Gasteiger partial charge is 0.274 e. The number of methoxy groups -OCH3 is 1. The number of Topliss-reactive ketones (excluding diaryl/α,β-unsaturated/α-hetero) is 1. The van der Waals surface area contributed by atoms with Crippen molar-refractivity contribution in [1.29, 1.82) is 0 Å². The number of amides is 1. The van der Waals surface area contributed by atoms with Gasteiger partial charge in [-0.1, -0.05) is 38.4 Å². The number of alkyl halides is 1. The van der Waals surface area contributed by atoms with Gasteiger partial charge in [0.15, 0.2) is 5.78 Å². The molecule has 1 atom stereocenters. The molecular formula is C34H38ClF2N7O4. The predicted molar refractivity (Wildman–Crippen MR) is 181 cm³/mol. The van der Waals surface area contributed by atoms with Crippen molar-refractivity contribution in [2.24, 2.45) is 5.41 Å². The minimum atomic E-state index is -0.826. The molecule has 48 heavy (non-hydrogen) atoms. The topological polar surface area (TPSA) is 123 Å². The molecule has 14 heteroatoms. The normalized spacial score (nSPS) is 15.3. The highest BCUT2D eigenvalue weighted by atomic mass is 35.5. The van der Waals surface area contributed by atoms with E-state index in [2.05, 4.69) is 46.5 Å². The SMILES string of the molecule is COc1cc2ncnc(Nc3ccc(Oc4nn(CC(=O)CCC(C)(C)C)cc4F)cc3Cl)c2cc1NC(=O)/C=C/CN1CCC(F)C1. The van der Waals surface area contributed by atoms with Crippen molar-refractivity contribution in [3.63, 3.8) is 0 Å². The summed E-state index contributed by atoms with van der Waals surface area (Å²) in [6.45, 7) is 7.61. The van der Waals surface area contributed by atoms with Crippen LogP contribution in [0.4, 0.5) is 26.0 Å². The molecule has 1 aliphatic heterocycles. The number of carbonyl (C=O) groups is 2. The van der Waals surface area contributed by atoms with Gasteiger partial charge in [0.2, 0.25) is 11.7 Å². The van der Waals surface area contributed by atoms with E-state index in [-0.39, 0.29) is 40.3 Å². The highest BCUT2D eigenvalue weighted by molar-refractivity contribution is 6.33. The summed E-state index contributed by atoms with van der Waals surface area (Å²) in [6.07, 6.45) is 6.38. The lowest BCUT2D eigenvalue weighted by molar-refractivity contribution is -0.120. The van der Waals surface area contributed by atoms with Crippen LogP contribution in [0.3, 0.4) is 0 Å². The number of benzene rings is 2. The Hall–Kier alpha value is -4.62. The molecule has 1 amide bonds. The number of ketones is 1. The average molecular weight is 682 g/mol. The molecule has 2 aromatic heterocycles. The van der Waals surface area contributed by atoms with Crippen LogP contribution < -0.4 is 20.1 Å². The Balaban J connectivity index is 1.27. The zero-order chi connectivity index (χ0) is 34.4. The molecule has 0 spiro atoms. The van der Waals surface area contributed by atoms with Crippen LogP contribution in [0.15, 0.2) is 55.0 Å². The van der Waals surface area contributed by atoms with Gasteiger partial charge in [-0.25, -0.2) is 14.4 Å². The molecule has 254 valence electrons. The van der Waals surface area contributed by atoms with Crippen LogP contribution in [0, 0.1) is 11.2 Å². The van der Waals surface area contributed by atoms with Gasteiger partial charge in [-0.15, -0.1) is 5.10 Å². The molecule has 4 aromatic rings. The van der Waals surface area contributed by atoms with Crippen LogP contribution in [0.25, 0.3) is 10.9 Å². The van der Waals surface area contributed by atoms with Crippen LogP contribution in [0.2, 0.25) is 5.02 Å². The molecule has 0 saturated carbocycles. The highest BCUT2D eigenvalue weighted by Crippen LogP contribution is 2.36. The van der Waals surface area contributed by atoms with Crippen molar-refractivity contribution in [2.75, 3.05) is 37.4 Å². The summed E-state index contributed by atoms with van der Waals surface area (Å²) < 4.78 is 40.4. The minimum Gasteiger partial charge on any atom is -0.494 e. The van der Waals surface area contributed by atoms with E-state index >= 15 is 0 Å². The second-order valence-electron chi connectivity index (χ2n) is 12.8. The molecule has 2 N–H and O–H groups in total. The standard InChI is InChI=1S/C34H38ClF2N7O4/c1-34(2,3)11-9-22(45)18-44-19-26(37)33(42-44)48-23-7-8-27(25(35)14-23)41-32-24-15-29(30(47-4)16-28(24)38-20-39-32)40-31(46)6-5-12-43-13-10-21(36)17-43/h5-8,14-16,19-21H,9-13,17-18H2,1-4H3,(H,40,46)(H,38,39,41)/b6-5+. The van der Waals surface area contributed by atoms with Gasteiger partial charge in [-0.2, -0.15) is 4.39 Å². The molecule has 1 unspecified atom stereocenters. The van der Waals surface area contributed by atoms with Crippen LogP contribution in [-0.2, 0) is 16.1 Å². The summed E-state index contributed by atoms with van der Waals surface area (Å²) in [5.41, 5.74) is 1.44. The van der Waals surface area contributed by atoms with E-state index in [1.807, 2.05) is 4.90 Å². The van der Waals surface area contributed by atoms with Crippen molar-refractivity contribution < 1.29 is 27.8 Å². The molecule has 0 radical (unpaired) electrons. The Morgan fingerprint density at radius 2 is 1.98 bits per heavy atom. The molecule has 0 bridgehead atoms. The first kappa shape index (κ1) is 34.7. The van der Waals surface area contributed by atoms with Crippen LogP contribution in [-0.4, -0.2) is 69.3 Å². The molecule has 11 nitrogen and oxygen atoms in total. The van der Waals surface area contributed by atoms with Crippen molar-refractivity contribution in [2.45, 2.75) is 52.8 Å². The monoisotopic (exact) mass is 681 g/mol. The molecule has 1 fully saturated rings. The molecule has 0 aliphatic carbocycles. The third-order valence-electron chi connectivity index (χ3n) is 7.65. The van der Waals surface area contributed by atoms with Gasteiger partial charge >= 0.3 is 0 Å². The Labute approximate surface area is 282 Å². The molecule has 5 rings (SSSR count). The molecule has 1 saturated heterocycles. The van der Waals surface area contributed by atoms with Gasteiger partial charge in [0, 0.05) is 49.7 Å².